The van der Waals surface area contributed by atoms with Crippen LogP contribution in [0.5, 0.6) is 5.75 Å². The van der Waals surface area contributed by atoms with Crippen molar-refractivity contribution in [2.75, 3.05) is 7.11 Å². The van der Waals surface area contributed by atoms with Gasteiger partial charge >= 0.3 is 0 Å². The molecule has 2 aromatic rings. The highest BCUT2D eigenvalue weighted by Crippen LogP contribution is 2.32. The first-order valence-electron chi connectivity index (χ1n) is 7.21. The molecule has 2 rings (SSSR count). The summed E-state index contributed by atoms with van der Waals surface area (Å²) in [4.78, 5) is 11.7. The Bertz CT molecular complexity index is 625. The maximum absolute atomic E-state index is 11.7. The van der Waals surface area contributed by atoms with Gasteiger partial charge in [0.25, 0.3) is 0 Å². The molecular weight excluding hydrogens is 276 g/mol. The lowest BCUT2D eigenvalue weighted by atomic mass is 9.71. The largest absolute Gasteiger partial charge is 0.497 e. The van der Waals surface area contributed by atoms with Gasteiger partial charge in [0.05, 0.1) is 13.2 Å². The van der Waals surface area contributed by atoms with E-state index >= 15 is 0 Å². The average Bonchev–Trinajstić information content (AvgIpc) is 2.55. The first kappa shape index (κ1) is 16.0. The summed E-state index contributed by atoms with van der Waals surface area (Å²) in [5, 5.41) is 0. The van der Waals surface area contributed by atoms with E-state index in [4.69, 9.17) is 16.2 Å². The van der Waals surface area contributed by atoms with E-state index in [1.807, 2.05) is 61.5 Å². The summed E-state index contributed by atoms with van der Waals surface area (Å²) in [6.45, 7) is 1.97. The van der Waals surface area contributed by atoms with Gasteiger partial charge < -0.3 is 16.2 Å². The smallest absolute Gasteiger partial charge is 0.235 e. The van der Waals surface area contributed by atoms with Crippen LogP contribution in [0.3, 0.4) is 0 Å². The van der Waals surface area contributed by atoms with Gasteiger partial charge in [-0.3, -0.25) is 4.79 Å². The summed E-state index contributed by atoms with van der Waals surface area (Å²) in [5.41, 5.74) is 13.1. The Balaban J connectivity index is 2.42. The van der Waals surface area contributed by atoms with Crippen molar-refractivity contribution in [2.45, 2.75) is 24.8 Å². The minimum absolute atomic E-state index is 0.505. The number of primary amides is 1. The quantitative estimate of drug-likeness (QED) is 0.856. The van der Waals surface area contributed by atoms with Gasteiger partial charge in [0.15, 0.2) is 0 Å². The Morgan fingerprint density at radius 3 is 2.23 bits per heavy atom. The number of hydrogen-bond donors (Lipinski definition) is 2. The standard InChI is InChI=1S/C18H22N2O2/c1-18(16(19)17(20)21,12-13-6-4-3-5-7-13)14-8-10-15(22-2)11-9-14/h3-11,16H,12,19H2,1-2H3,(H2,20,21). The molecule has 0 aliphatic heterocycles. The monoisotopic (exact) mass is 298 g/mol. The second-order valence-electron chi connectivity index (χ2n) is 5.69. The molecule has 22 heavy (non-hydrogen) atoms. The Morgan fingerprint density at radius 2 is 1.73 bits per heavy atom. The summed E-state index contributed by atoms with van der Waals surface area (Å²) in [7, 11) is 1.62. The molecule has 0 radical (unpaired) electrons. The van der Waals surface area contributed by atoms with Crippen molar-refractivity contribution >= 4 is 5.91 Å². The summed E-state index contributed by atoms with van der Waals surface area (Å²) in [6.07, 6.45) is 0.629. The molecule has 0 aliphatic rings. The molecule has 0 spiro atoms. The third kappa shape index (κ3) is 3.28. The highest BCUT2D eigenvalue weighted by atomic mass is 16.5. The minimum atomic E-state index is -0.777. The number of methoxy groups -OCH3 is 1. The number of ether oxygens (including phenoxy) is 1. The summed E-state index contributed by atoms with van der Waals surface area (Å²) in [5.74, 6) is 0.257. The highest BCUT2D eigenvalue weighted by Gasteiger charge is 2.37. The lowest BCUT2D eigenvalue weighted by Crippen LogP contribution is -2.52. The van der Waals surface area contributed by atoms with Crippen LogP contribution in [0.4, 0.5) is 0 Å². The molecule has 4 nitrogen and oxygen atoms in total. The van der Waals surface area contributed by atoms with Gasteiger partial charge in [-0.05, 0) is 29.7 Å². The summed E-state index contributed by atoms with van der Waals surface area (Å²) >= 11 is 0. The van der Waals surface area contributed by atoms with Crippen LogP contribution in [0.2, 0.25) is 0 Å². The number of carbonyl (C=O) groups excluding carboxylic acids is 1. The van der Waals surface area contributed by atoms with E-state index in [1.165, 1.54) is 0 Å². The molecular formula is C18H22N2O2. The number of nitrogens with two attached hydrogens (primary N) is 2. The van der Waals surface area contributed by atoms with Crippen LogP contribution < -0.4 is 16.2 Å². The van der Waals surface area contributed by atoms with Crippen molar-refractivity contribution in [3.8, 4) is 5.75 Å². The number of carbonyl (C=O) groups is 1. The molecule has 1 amide bonds. The van der Waals surface area contributed by atoms with E-state index in [2.05, 4.69) is 0 Å². The van der Waals surface area contributed by atoms with Gasteiger partial charge in [-0.1, -0.05) is 49.4 Å². The molecule has 2 unspecified atom stereocenters. The lowest BCUT2D eigenvalue weighted by Gasteiger charge is -2.34. The van der Waals surface area contributed by atoms with Gasteiger partial charge in [0, 0.05) is 5.41 Å². The summed E-state index contributed by atoms with van der Waals surface area (Å²) < 4.78 is 5.19. The third-order valence-electron chi connectivity index (χ3n) is 4.16. The second-order valence-corrected chi connectivity index (χ2v) is 5.69. The molecule has 0 saturated carbocycles. The highest BCUT2D eigenvalue weighted by molar-refractivity contribution is 5.81. The fourth-order valence-corrected chi connectivity index (χ4v) is 2.70. The van der Waals surface area contributed by atoms with E-state index in [0.29, 0.717) is 6.42 Å². The Morgan fingerprint density at radius 1 is 1.14 bits per heavy atom. The van der Waals surface area contributed by atoms with Crippen molar-refractivity contribution in [2.24, 2.45) is 11.5 Å². The number of benzene rings is 2. The lowest BCUT2D eigenvalue weighted by molar-refractivity contribution is -0.120. The first-order chi connectivity index (χ1) is 10.5. The van der Waals surface area contributed by atoms with Crippen molar-refractivity contribution in [1.82, 2.24) is 0 Å². The van der Waals surface area contributed by atoms with Gasteiger partial charge in [-0.25, -0.2) is 0 Å². The molecule has 116 valence electrons. The van der Waals surface area contributed by atoms with E-state index in [9.17, 15) is 4.79 Å². The predicted octanol–water partition coefficient (Wildman–Crippen LogP) is 2.01. The van der Waals surface area contributed by atoms with Crippen molar-refractivity contribution in [3.05, 3.63) is 65.7 Å². The zero-order chi connectivity index (χ0) is 16.2. The molecule has 4 N–H and O–H groups in total. The Labute approximate surface area is 131 Å². The Kier molecular flexibility index (Phi) is 4.83. The van der Waals surface area contributed by atoms with Gasteiger partial charge in [0.2, 0.25) is 5.91 Å². The number of amides is 1. The van der Waals surface area contributed by atoms with Crippen LogP contribution in [-0.2, 0) is 16.6 Å². The minimum Gasteiger partial charge on any atom is -0.497 e. The zero-order valence-electron chi connectivity index (χ0n) is 13.0. The number of hydrogen-bond acceptors (Lipinski definition) is 3. The van der Waals surface area contributed by atoms with E-state index in [0.717, 1.165) is 16.9 Å². The molecule has 0 bridgehead atoms. The predicted molar refractivity (Wildman–Crippen MR) is 87.7 cm³/mol. The molecule has 0 heterocycles. The number of rotatable bonds is 6. The Hall–Kier alpha value is -2.33. The van der Waals surface area contributed by atoms with Crippen molar-refractivity contribution < 1.29 is 9.53 Å². The van der Waals surface area contributed by atoms with E-state index < -0.39 is 17.4 Å². The SMILES string of the molecule is COc1ccc(C(C)(Cc2ccccc2)C(N)C(N)=O)cc1. The zero-order valence-corrected chi connectivity index (χ0v) is 13.0. The first-order valence-corrected chi connectivity index (χ1v) is 7.21. The van der Waals surface area contributed by atoms with Crippen LogP contribution in [0.25, 0.3) is 0 Å². The molecule has 2 aromatic carbocycles. The van der Waals surface area contributed by atoms with Gasteiger partial charge in [-0.2, -0.15) is 0 Å². The second kappa shape index (κ2) is 6.62. The molecule has 0 saturated heterocycles. The van der Waals surface area contributed by atoms with Crippen LogP contribution in [0, 0.1) is 0 Å². The molecule has 0 aliphatic carbocycles. The summed E-state index contributed by atoms with van der Waals surface area (Å²) in [6, 6.07) is 16.8. The average molecular weight is 298 g/mol. The van der Waals surface area contributed by atoms with Crippen molar-refractivity contribution in [1.29, 1.82) is 0 Å². The maximum Gasteiger partial charge on any atom is 0.235 e. The van der Waals surface area contributed by atoms with Crippen LogP contribution in [0.15, 0.2) is 54.6 Å². The normalized spacial score (nSPS) is 14.9. The molecule has 2 atom stereocenters. The van der Waals surface area contributed by atoms with Gasteiger partial charge in [-0.15, -0.1) is 0 Å². The van der Waals surface area contributed by atoms with Gasteiger partial charge in [0.1, 0.15) is 5.75 Å². The molecule has 4 heteroatoms. The molecule has 0 fully saturated rings. The maximum atomic E-state index is 11.7. The third-order valence-corrected chi connectivity index (χ3v) is 4.16. The van der Waals surface area contributed by atoms with Crippen LogP contribution >= 0.6 is 0 Å². The van der Waals surface area contributed by atoms with Crippen LogP contribution in [-0.4, -0.2) is 19.1 Å². The van der Waals surface area contributed by atoms with Crippen molar-refractivity contribution in [3.63, 3.8) is 0 Å². The van der Waals surface area contributed by atoms with E-state index in [1.54, 1.807) is 7.11 Å². The topological polar surface area (TPSA) is 78.3 Å². The molecule has 0 aromatic heterocycles. The van der Waals surface area contributed by atoms with Crippen LogP contribution in [0.1, 0.15) is 18.1 Å². The fourth-order valence-electron chi connectivity index (χ4n) is 2.70. The van der Waals surface area contributed by atoms with E-state index in [-0.39, 0.29) is 0 Å². The fraction of sp³-hybridized carbons (Fsp3) is 0.278.